The third-order valence-electron chi connectivity index (χ3n) is 3.41. The van der Waals surface area contributed by atoms with Crippen LogP contribution in [-0.4, -0.2) is 22.3 Å². The highest BCUT2D eigenvalue weighted by molar-refractivity contribution is 5.87. The highest BCUT2D eigenvalue weighted by Crippen LogP contribution is 2.40. The van der Waals surface area contributed by atoms with Crippen molar-refractivity contribution in [3.8, 4) is 0 Å². The highest BCUT2D eigenvalue weighted by Gasteiger charge is 2.48. The van der Waals surface area contributed by atoms with Crippen LogP contribution in [0.25, 0.3) is 0 Å². The molecule has 1 saturated carbocycles. The molecule has 1 rings (SSSR count). The number of ether oxygens (including phenoxy) is 1. The summed E-state index contributed by atoms with van der Waals surface area (Å²) in [6.07, 6.45) is 4.59. The normalized spacial score (nSPS) is 20.2. The summed E-state index contributed by atoms with van der Waals surface area (Å²) in [6, 6.07) is 0. The molecule has 1 aliphatic carbocycles. The Kier molecular flexibility index (Phi) is 3.79. The molecule has 16 heavy (non-hydrogen) atoms. The van der Waals surface area contributed by atoms with E-state index in [-0.39, 0.29) is 0 Å². The van der Waals surface area contributed by atoms with Crippen LogP contribution in [-0.2, 0) is 9.53 Å². The van der Waals surface area contributed by atoms with Gasteiger partial charge in [-0.1, -0.05) is 13.0 Å². The maximum atomic E-state index is 11.6. The molecule has 1 aliphatic rings. The predicted octanol–water partition coefficient (Wildman–Crippen LogP) is 2.58. The lowest BCUT2D eigenvalue weighted by Crippen LogP contribution is -2.54. The zero-order valence-corrected chi connectivity index (χ0v) is 10.5. The fraction of sp³-hybridized carbons (Fsp3) is 0.769. The topological polar surface area (TPSA) is 46.5 Å². The molecule has 0 atom stereocenters. The average Bonchev–Trinajstić information content (AvgIpc) is 2.17. The van der Waals surface area contributed by atoms with Crippen molar-refractivity contribution in [3.05, 3.63) is 12.2 Å². The van der Waals surface area contributed by atoms with Crippen molar-refractivity contribution in [1.29, 1.82) is 0 Å². The van der Waals surface area contributed by atoms with E-state index in [1.54, 1.807) is 20.8 Å². The number of hydrogen-bond acceptors (Lipinski definition) is 3. The van der Waals surface area contributed by atoms with E-state index < -0.39 is 17.2 Å². The van der Waals surface area contributed by atoms with E-state index in [4.69, 9.17) is 4.74 Å². The van der Waals surface area contributed by atoms with E-state index in [0.29, 0.717) is 5.57 Å². The third kappa shape index (κ3) is 2.64. The summed E-state index contributed by atoms with van der Waals surface area (Å²) in [5.41, 5.74) is -1.35. The molecule has 0 unspecified atom stereocenters. The first-order valence-corrected chi connectivity index (χ1v) is 5.90. The molecular weight excluding hydrogens is 204 g/mol. The number of rotatable bonds is 3. The van der Waals surface area contributed by atoms with E-state index in [1.807, 2.05) is 0 Å². The van der Waals surface area contributed by atoms with Gasteiger partial charge in [-0.3, -0.25) is 0 Å². The Balaban J connectivity index is 2.87. The molecule has 0 radical (unpaired) electrons. The zero-order valence-electron chi connectivity index (χ0n) is 10.5. The van der Waals surface area contributed by atoms with Gasteiger partial charge in [0.2, 0.25) is 0 Å². The predicted molar refractivity (Wildman–Crippen MR) is 63.0 cm³/mol. The maximum absolute atomic E-state index is 11.6. The van der Waals surface area contributed by atoms with Crippen molar-refractivity contribution in [2.24, 2.45) is 0 Å². The van der Waals surface area contributed by atoms with Gasteiger partial charge in [0, 0.05) is 5.57 Å². The number of carbonyl (C=O) groups excluding carboxylic acids is 1. The van der Waals surface area contributed by atoms with Crippen LogP contribution < -0.4 is 0 Å². The van der Waals surface area contributed by atoms with Gasteiger partial charge in [0.15, 0.2) is 0 Å². The molecule has 0 aromatic rings. The quantitative estimate of drug-likeness (QED) is 0.594. The number of esters is 1. The molecule has 0 aliphatic heterocycles. The minimum Gasteiger partial charge on any atom is -0.453 e. The Bertz CT molecular complexity index is 280. The molecule has 3 heteroatoms. The molecule has 92 valence electrons. The van der Waals surface area contributed by atoms with E-state index in [0.717, 1.165) is 32.1 Å². The molecule has 0 aromatic carbocycles. The summed E-state index contributed by atoms with van der Waals surface area (Å²) < 4.78 is 5.52. The first-order chi connectivity index (χ1) is 7.28. The van der Waals surface area contributed by atoms with Gasteiger partial charge in [-0.2, -0.15) is 0 Å². The molecule has 0 amide bonds. The van der Waals surface area contributed by atoms with E-state index in [2.05, 4.69) is 6.58 Å². The van der Waals surface area contributed by atoms with Crippen molar-refractivity contribution >= 4 is 5.97 Å². The molecule has 0 heterocycles. The minimum absolute atomic E-state index is 0.384. The standard InChI is InChI=1S/C13H22O3/c1-10(2)11(14)16-13(12(3,4)15)8-6-5-7-9-13/h15H,1,5-9H2,2-4H3. The van der Waals surface area contributed by atoms with Gasteiger partial charge in [0.1, 0.15) is 5.60 Å². The van der Waals surface area contributed by atoms with Crippen molar-refractivity contribution in [1.82, 2.24) is 0 Å². The van der Waals surface area contributed by atoms with E-state index >= 15 is 0 Å². The summed E-state index contributed by atoms with van der Waals surface area (Å²) in [6.45, 7) is 8.63. The summed E-state index contributed by atoms with van der Waals surface area (Å²) in [4.78, 5) is 11.6. The molecular formula is C13H22O3. The second kappa shape index (κ2) is 4.58. The lowest BCUT2D eigenvalue weighted by Gasteiger charge is -2.45. The molecule has 0 saturated heterocycles. The molecule has 3 nitrogen and oxygen atoms in total. The first kappa shape index (κ1) is 13.2. The average molecular weight is 226 g/mol. The third-order valence-corrected chi connectivity index (χ3v) is 3.41. The SMILES string of the molecule is C=C(C)C(=O)OC1(C(C)(C)O)CCCCC1. The van der Waals surface area contributed by atoms with Crippen molar-refractivity contribution in [3.63, 3.8) is 0 Å². The Morgan fingerprint density at radius 3 is 2.19 bits per heavy atom. The second-order valence-electron chi connectivity index (χ2n) is 5.28. The lowest BCUT2D eigenvalue weighted by atomic mass is 9.74. The Morgan fingerprint density at radius 1 is 1.31 bits per heavy atom. The van der Waals surface area contributed by atoms with Gasteiger partial charge < -0.3 is 9.84 Å². The largest absolute Gasteiger partial charge is 0.453 e. The molecule has 0 spiro atoms. The fourth-order valence-corrected chi connectivity index (χ4v) is 2.23. The molecule has 1 fully saturated rings. The van der Waals surface area contributed by atoms with Crippen molar-refractivity contribution in [2.75, 3.05) is 0 Å². The van der Waals surface area contributed by atoms with Crippen molar-refractivity contribution in [2.45, 2.75) is 64.1 Å². The van der Waals surface area contributed by atoms with E-state index in [1.165, 1.54) is 0 Å². The summed E-state index contributed by atoms with van der Waals surface area (Å²) in [5.74, 6) is -0.399. The zero-order chi connectivity index (χ0) is 12.4. The monoisotopic (exact) mass is 226 g/mol. The first-order valence-electron chi connectivity index (χ1n) is 5.90. The van der Waals surface area contributed by atoms with Crippen LogP contribution in [0, 0.1) is 0 Å². The van der Waals surface area contributed by atoms with Gasteiger partial charge in [0.25, 0.3) is 0 Å². The number of carbonyl (C=O) groups is 1. The van der Waals surface area contributed by atoms with E-state index in [9.17, 15) is 9.90 Å². The summed E-state index contributed by atoms with van der Waals surface area (Å²) >= 11 is 0. The lowest BCUT2D eigenvalue weighted by molar-refractivity contribution is -0.194. The summed E-state index contributed by atoms with van der Waals surface area (Å²) in [5, 5.41) is 10.2. The molecule has 0 bridgehead atoms. The fourth-order valence-electron chi connectivity index (χ4n) is 2.23. The van der Waals surface area contributed by atoms with Crippen LogP contribution in [0.5, 0.6) is 0 Å². The number of aliphatic hydroxyl groups is 1. The van der Waals surface area contributed by atoms with Crippen LogP contribution in [0.1, 0.15) is 52.9 Å². The van der Waals surface area contributed by atoms with Gasteiger partial charge >= 0.3 is 5.97 Å². The smallest absolute Gasteiger partial charge is 0.333 e. The molecule has 0 aromatic heterocycles. The summed E-state index contributed by atoms with van der Waals surface area (Å²) in [7, 11) is 0. The Morgan fingerprint density at radius 2 is 1.81 bits per heavy atom. The van der Waals surface area contributed by atoms with Crippen LogP contribution in [0.15, 0.2) is 12.2 Å². The Hall–Kier alpha value is -0.830. The maximum Gasteiger partial charge on any atom is 0.333 e. The molecule has 1 N–H and O–H groups in total. The van der Waals surface area contributed by atoms with Crippen LogP contribution >= 0.6 is 0 Å². The number of hydrogen-bond donors (Lipinski definition) is 1. The van der Waals surface area contributed by atoms with Gasteiger partial charge in [-0.05, 0) is 46.5 Å². The van der Waals surface area contributed by atoms with Gasteiger partial charge in [-0.15, -0.1) is 0 Å². The van der Waals surface area contributed by atoms with Crippen molar-refractivity contribution < 1.29 is 14.6 Å². The van der Waals surface area contributed by atoms with Crippen LogP contribution in [0.2, 0.25) is 0 Å². The highest BCUT2D eigenvalue weighted by atomic mass is 16.6. The van der Waals surface area contributed by atoms with Crippen LogP contribution in [0.3, 0.4) is 0 Å². The second-order valence-corrected chi connectivity index (χ2v) is 5.28. The Labute approximate surface area is 97.5 Å². The van der Waals surface area contributed by atoms with Gasteiger partial charge in [0.05, 0.1) is 5.60 Å². The minimum atomic E-state index is -1.00. The van der Waals surface area contributed by atoms with Crippen LogP contribution in [0.4, 0.5) is 0 Å². The van der Waals surface area contributed by atoms with Gasteiger partial charge in [-0.25, -0.2) is 4.79 Å².